The van der Waals surface area contributed by atoms with E-state index in [2.05, 4.69) is 4.90 Å². The van der Waals surface area contributed by atoms with Crippen molar-refractivity contribution < 1.29 is 19.4 Å². The number of amides is 1. The molecular formula is C18H24N2O4. The molecule has 1 amide bonds. The number of ether oxygens (including phenoxy) is 2. The Hall–Kier alpha value is -1.79. The van der Waals surface area contributed by atoms with Crippen molar-refractivity contribution in [3.8, 4) is 11.5 Å². The van der Waals surface area contributed by atoms with Gasteiger partial charge in [-0.3, -0.25) is 9.69 Å². The standard InChI is InChI=1S/C18H24N2O4/c21-15-5-2-4-14(15)19-7-9-20(10-8-19)18(22)13-3-1-6-16-17(13)24-12-11-23-16/h1,3,6,14-15,21H,2,4-5,7-12H2/t14-,15+/m0/s1. The summed E-state index contributed by atoms with van der Waals surface area (Å²) in [6, 6.07) is 5.75. The number of para-hydroxylation sites is 1. The molecule has 1 N–H and O–H groups in total. The zero-order valence-electron chi connectivity index (χ0n) is 13.8. The highest BCUT2D eigenvalue weighted by atomic mass is 16.6. The fourth-order valence-corrected chi connectivity index (χ4v) is 4.02. The average molecular weight is 332 g/mol. The summed E-state index contributed by atoms with van der Waals surface area (Å²) in [4.78, 5) is 17.1. The minimum Gasteiger partial charge on any atom is -0.486 e. The number of carbonyl (C=O) groups excluding carboxylic acids is 1. The SMILES string of the molecule is O=C(c1cccc2c1OCCO2)N1CCN([C@H]2CCC[C@H]2O)CC1. The summed E-state index contributed by atoms with van der Waals surface area (Å²) in [5.74, 6) is 1.23. The monoisotopic (exact) mass is 332 g/mol. The number of benzene rings is 1. The number of nitrogens with zero attached hydrogens (tertiary/aromatic N) is 2. The molecule has 3 aliphatic rings. The fourth-order valence-electron chi connectivity index (χ4n) is 4.02. The first-order valence-corrected chi connectivity index (χ1v) is 8.84. The Morgan fingerprint density at radius 1 is 1.08 bits per heavy atom. The summed E-state index contributed by atoms with van der Waals surface area (Å²) >= 11 is 0. The van der Waals surface area contributed by atoms with Gasteiger partial charge in [0.05, 0.1) is 11.7 Å². The maximum atomic E-state index is 12.9. The molecule has 0 radical (unpaired) electrons. The highest BCUT2D eigenvalue weighted by Gasteiger charge is 2.34. The molecule has 0 bridgehead atoms. The van der Waals surface area contributed by atoms with E-state index in [0.29, 0.717) is 43.4 Å². The van der Waals surface area contributed by atoms with Gasteiger partial charge >= 0.3 is 0 Å². The zero-order chi connectivity index (χ0) is 16.5. The fraction of sp³-hybridized carbons (Fsp3) is 0.611. The van der Waals surface area contributed by atoms with Crippen LogP contribution in [0.3, 0.4) is 0 Å². The topological polar surface area (TPSA) is 62.2 Å². The van der Waals surface area contributed by atoms with Crippen LogP contribution in [0, 0.1) is 0 Å². The lowest BCUT2D eigenvalue weighted by Crippen LogP contribution is -2.53. The third-order valence-electron chi connectivity index (χ3n) is 5.31. The summed E-state index contributed by atoms with van der Waals surface area (Å²) in [6.07, 6.45) is 2.85. The van der Waals surface area contributed by atoms with Crippen LogP contribution in [0.2, 0.25) is 0 Å². The molecule has 2 fully saturated rings. The van der Waals surface area contributed by atoms with Crippen LogP contribution < -0.4 is 9.47 Å². The lowest BCUT2D eigenvalue weighted by Gasteiger charge is -2.39. The summed E-state index contributed by atoms with van der Waals surface area (Å²) in [5.41, 5.74) is 0.585. The van der Waals surface area contributed by atoms with Gasteiger partial charge in [-0.15, -0.1) is 0 Å². The maximum Gasteiger partial charge on any atom is 0.257 e. The van der Waals surface area contributed by atoms with Gasteiger partial charge in [-0.2, -0.15) is 0 Å². The van der Waals surface area contributed by atoms with Gasteiger partial charge in [-0.1, -0.05) is 6.07 Å². The van der Waals surface area contributed by atoms with E-state index in [-0.39, 0.29) is 18.1 Å². The third kappa shape index (κ3) is 2.84. The number of fused-ring (bicyclic) bond motifs is 1. The molecule has 1 aromatic rings. The van der Waals surface area contributed by atoms with Gasteiger partial charge in [0.25, 0.3) is 5.91 Å². The molecule has 0 aromatic heterocycles. The van der Waals surface area contributed by atoms with Crippen molar-refractivity contribution >= 4 is 5.91 Å². The third-order valence-corrected chi connectivity index (χ3v) is 5.31. The first-order valence-electron chi connectivity index (χ1n) is 8.84. The van der Waals surface area contributed by atoms with Crippen LogP contribution in [-0.2, 0) is 0 Å². The highest BCUT2D eigenvalue weighted by molar-refractivity contribution is 5.98. The number of carbonyl (C=O) groups is 1. The predicted molar refractivity (Wildman–Crippen MR) is 88.6 cm³/mol. The molecule has 2 atom stereocenters. The van der Waals surface area contributed by atoms with Gasteiger partial charge in [0.2, 0.25) is 0 Å². The number of piperazine rings is 1. The Morgan fingerprint density at radius 3 is 2.62 bits per heavy atom. The van der Waals surface area contributed by atoms with Crippen molar-refractivity contribution in [2.45, 2.75) is 31.4 Å². The van der Waals surface area contributed by atoms with E-state index >= 15 is 0 Å². The number of rotatable bonds is 2. The van der Waals surface area contributed by atoms with Gasteiger partial charge in [0, 0.05) is 32.2 Å². The van der Waals surface area contributed by atoms with Crippen molar-refractivity contribution in [3.63, 3.8) is 0 Å². The smallest absolute Gasteiger partial charge is 0.257 e. The van der Waals surface area contributed by atoms with Crippen molar-refractivity contribution in [3.05, 3.63) is 23.8 Å². The van der Waals surface area contributed by atoms with Crippen molar-refractivity contribution in [2.24, 2.45) is 0 Å². The zero-order valence-corrected chi connectivity index (χ0v) is 13.8. The second-order valence-electron chi connectivity index (χ2n) is 6.72. The predicted octanol–water partition coefficient (Wildman–Crippen LogP) is 1.13. The lowest BCUT2D eigenvalue weighted by molar-refractivity contribution is 0.0312. The molecule has 2 heterocycles. The second kappa shape index (κ2) is 6.61. The van der Waals surface area contributed by atoms with E-state index in [9.17, 15) is 9.90 Å². The van der Waals surface area contributed by atoms with Crippen LogP contribution >= 0.6 is 0 Å². The summed E-state index contributed by atoms with van der Waals surface area (Å²) in [5, 5.41) is 10.1. The average Bonchev–Trinajstić information content (AvgIpc) is 3.07. The van der Waals surface area contributed by atoms with Crippen LogP contribution in [0.1, 0.15) is 29.6 Å². The Kier molecular flexibility index (Phi) is 4.33. The second-order valence-corrected chi connectivity index (χ2v) is 6.72. The lowest BCUT2D eigenvalue weighted by atomic mass is 10.1. The van der Waals surface area contributed by atoms with Crippen molar-refractivity contribution in [1.29, 1.82) is 0 Å². The quantitative estimate of drug-likeness (QED) is 0.880. The number of hydrogen-bond acceptors (Lipinski definition) is 5. The van der Waals surface area contributed by atoms with Gasteiger partial charge in [-0.25, -0.2) is 0 Å². The van der Waals surface area contributed by atoms with E-state index in [1.54, 1.807) is 0 Å². The molecular weight excluding hydrogens is 308 g/mol. The molecule has 1 saturated heterocycles. The summed E-state index contributed by atoms with van der Waals surface area (Å²) < 4.78 is 11.2. The molecule has 130 valence electrons. The maximum absolute atomic E-state index is 12.9. The van der Waals surface area contributed by atoms with E-state index in [0.717, 1.165) is 32.4 Å². The first-order chi connectivity index (χ1) is 11.7. The van der Waals surface area contributed by atoms with Crippen LogP contribution in [0.15, 0.2) is 18.2 Å². The van der Waals surface area contributed by atoms with Crippen LogP contribution in [0.4, 0.5) is 0 Å². The summed E-state index contributed by atoms with van der Waals surface area (Å²) in [7, 11) is 0. The molecule has 4 rings (SSSR count). The minimum atomic E-state index is -0.209. The normalized spacial score (nSPS) is 27.3. The Balaban J connectivity index is 1.43. The molecule has 6 heteroatoms. The number of aliphatic hydroxyl groups is 1. The van der Waals surface area contributed by atoms with Gasteiger partial charge in [-0.05, 0) is 31.4 Å². The van der Waals surface area contributed by atoms with Crippen LogP contribution in [0.5, 0.6) is 11.5 Å². The Morgan fingerprint density at radius 2 is 1.88 bits per heavy atom. The van der Waals surface area contributed by atoms with Gasteiger partial charge in [0.15, 0.2) is 11.5 Å². The largest absolute Gasteiger partial charge is 0.486 e. The van der Waals surface area contributed by atoms with Crippen molar-refractivity contribution in [2.75, 3.05) is 39.4 Å². The number of aliphatic hydroxyl groups excluding tert-OH is 1. The van der Waals surface area contributed by atoms with E-state index in [4.69, 9.17) is 9.47 Å². The molecule has 1 aromatic carbocycles. The Bertz CT molecular complexity index is 613. The molecule has 1 saturated carbocycles. The number of hydrogen-bond donors (Lipinski definition) is 1. The van der Waals surface area contributed by atoms with E-state index in [1.165, 1.54) is 0 Å². The molecule has 1 aliphatic carbocycles. The van der Waals surface area contributed by atoms with Crippen LogP contribution in [-0.4, -0.2) is 72.4 Å². The van der Waals surface area contributed by atoms with Crippen LogP contribution in [0.25, 0.3) is 0 Å². The highest BCUT2D eigenvalue weighted by Crippen LogP contribution is 2.34. The molecule has 2 aliphatic heterocycles. The van der Waals surface area contributed by atoms with Crippen molar-refractivity contribution in [1.82, 2.24) is 9.80 Å². The van der Waals surface area contributed by atoms with Gasteiger partial charge < -0.3 is 19.5 Å². The minimum absolute atomic E-state index is 0.00368. The summed E-state index contributed by atoms with van der Waals surface area (Å²) in [6.45, 7) is 4.01. The van der Waals surface area contributed by atoms with E-state index < -0.39 is 0 Å². The molecule has 24 heavy (non-hydrogen) atoms. The molecule has 0 spiro atoms. The molecule has 6 nitrogen and oxygen atoms in total. The van der Waals surface area contributed by atoms with Gasteiger partial charge in [0.1, 0.15) is 13.2 Å². The molecule has 0 unspecified atom stereocenters. The van der Waals surface area contributed by atoms with E-state index in [1.807, 2.05) is 23.1 Å². The first kappa shape index (κ1) is 15.7. The Labute approximate surface area is 141 Å².